The largest absolute Gasteiger partial charge is 0.436 e. The molecule has 1 heterocycles. The zero-order chi connectivity index (χ0) is 14.3. The standard InChI is InChI=1S/C14H9F3N2O/c15-14(16,17)10-4-2-1-3-9(10)13-19-11-7-8(18)5-6-12(11)20-13/h1-7H,18H2. The van der Waals surface area contributed by atoms with E-state index in [-0.39, 0.29) is 11.5 Å². The van der Waals surface area contributed by atoms with E-state index in [1.165, 1.54) is 18.2 Å². The van der Waals surface area contributed by atoms with Gasteiger partial charge in [0.2, 0.25) is 5.89 Å². The molecule has 0 atom stereocenters. The number of halogens is 3. The minimum absolute atomic E-state index is 0.0708. The van der Waals surface area contributed by atoms with Gasteiger partial charge in [0.1, 0.15) is 5.52 Å². The van der Waals surface area contributed by atoms with Gasteiger partial charge < -0.3 is 10.2 Å². The Bertz CT molecular complexity index is 777. The van der Waals surface area contributed by atoms with Crippen LogP contribution in [0.2, 0.25) is 0 Å². The molecule has 3 aromatic rings. The van der Waals surface area contributed by atoms with E-state index in [9.17, 15) is 13.2 Å². The summed E-state index contributed by atoms with van der Waals surface area (Å²) in [5.41, 5.74) is 6.04. The smallest absolute Gasteiger partial charge is 0.417 e. The van der Waals surface area contributed by atoms with Crippen molar-refractivity contribution in [2.45, 2.75) is 6.18 Å². The van der Waals surface area contributed by atoms with Crippen LogP contribution in [-0.4, -0.2) is 4.98 Å². The molecule has 0 amide bonds. The molecule has 1 aromatic heterocycles. The Balaban J connectivity index is 2.21. The van der Waals surface area contributed by atoms with E-state index in [1.807, 2.05) is 0 Å². The Hall–Kier alpha value is -2.50. The Kier molecular flexibility index (Phi) is 2.67. The lowest BCUT2D eigenvalue weighted by molar-refractivity contribution is -0.137. The third kappa shape index (κ3) is 2.09. The fourth-order valence-electron chi connectivity index (χ4n) is 1.98. The lowest BCUT2D eigenvalue weighted by atomic mass is 10.1. The third-order valence-corrected chi connectivity index (χ3v) is 2.87. The molecule has 0 radical (unpaired) electrons. The number of nitrogens with two attached hydrogens (primary N) is 1. The zero-order valence-corrected chi connectivity index (χ0v) is 10.1. The maximum Gasteiger partial charge on any atom is 0.417 e. The molecule has 6 heteroatoms. The van der Waals surface area contributed by atoms with Crippen LogP contribution >= 0.6 is 0 Å². The topological polar surface area (TPSA) is 52.0 Å². The van der Waals surface area contributed by atoms with E-state index in [0.717, 1.165) is 6.07 Å². The van der Waals surface area contributed by atoms with Crippen molar-refractivity contribution >= 4 is 16.8 Å². The highest BCUT2D eigenvalue weighted by Crippen LogP contribution is 2.37. The van der Waals surface area contributed by atoms with Crippen LogP contribution in [0.3, 0.4) is 0 Å². The predicted octanol–water partition coefficient (Wildman–Crippen LogP) is 4.10. The fraction of sp³-hybridized carbons (Fsp3) is 0.0714. The lowest BCUT2D eigenvalue weighted by Crippen LogP contribution is -2.06. The monoisotopic (exact) mass is 278 g/mol. The maximum absolute atomic E-state index is 13.0. The summed E-state index contributed by atoms with van der Waals surface area (Å²) in [5.74, 6) is -0.0708. The van der Waals surface area contributed by atoms with Gasteiger partial charge >= 0.3 is 6.18 Å². The van der Waals surface area contributed by atoms with Gasteiger partial charge in [0.15, 0.2) is 5.58 Å². The zero-order valence-electron chi connectivity index (χ0n) is 10.1. The summed E-state index contributed by atoms with van der Waals surface area (Å²) in [7, 11) is 0. The van der Waals surface area contributed by atoms with E-state index in [1.54, 1.807) is 18.2 Å². The first-order valence-electron chi connectivity index (χ1n) is 5.78. The van der Waals surface area contributed by atoms with Crippen LogP contribution in [0.5, 0.6) is 0 Å². The molecule has 20 heavy (non-hydrogen) atoms. The second-order valence-electron chi connectivity index (χ2n) is 4.29. The van der Waals surface area contributed by atoms with Crippen molar-refractivity contribution in [1.82, 2.24) is 4.98 Å². The number of fused-ring (bicyclic) bond motifs is 1. The lowest BCUT2D eigenvalue weighted by Gasteiger charge is -2.09. The Morgan fingerprint density at radius 2 is 1.80 bits per heavy atom. The van der Waals surface area contributed by atoms with Crippen LogP contribution in [0.4, 0.5) is 18.9 Å². The Morgan fingerprint density at radius 1 is 1.05 bits per heavy atom. The Morgan fingerprint density at radius 3 is 2.55 bits per heavy atom. The molecule has 0 aliphatic heterocycles. The van der Waals surface area contributed by atoms with E-state index in [4.69, 9.17) is 10.2 Å². The van der Waals surface area contributed by atoms with Crippen molar-refractivity contribution < 1.29 is 17.6 Å². The molecule has 0 unspecified atom stereocenters. The molecule has 2 aromatic carbocycles. The molecule has 3 rings (SSSR count). The molecule has 2 N–H and O–H groups in total. The van der Waals surface area contributed by atoms with E-state index in [2.05, 4.69) is 4.98 Å². The number of oxazole rings is 1. The number of nitrogen functional groups attached to an aromatic ring is 1. The molecule has 0 aliphatic rings. The molecular weight excluding hydrogens is 269 g/mol. The van der Waals surface area contributed by atoms with Crippen LogP contribution in [0.25, 0.3) is 22.6 Å². The van der Waals surface area contributed by atoms with Gasteiger partial charge in [-0.2, -0.15) is 13.2 Å². The molecule has 0 saturated heterocycles. The highest BCUT2D eigenvalue weighted by atomic mass is 19.4. The second kappa shape index (κ2) is 4.26. The van der Waals surface area contributed by atoms with E-state index in [0.29, 0.717) is 16.8 Å². The molecule has 0 aliphatic carbocycles. The minimum atomic E-state index is -4.46. The first kappa shape index (κ1) is 12.5. The first-order chi connectivity index (χ1) is 9.45. The van der Waals surface area contributed by atoms with Crippen molar-refractivity contribution in [3.63, 3.8) is 0 Å². The summed E-state index contributed by atoms with van der Waals surface area (Å²) >= 11 is 0. The highest BCUT2D eigenvalue weighted by molar-refractivity contribution is 5.80. The summed E-state index contributed by atoms with van der Waals surface area (Å²) in [6.07, 6.45) is -4.46. The number of benzene rings is 2. The number of anilines is 1. The van der Waals surface area contributed by atoms with Gasteiger partial charge in [-0.3, -0.25) is 0 Å². The molecule has 3 nitrogen and oxygen atoms in total. The Labute approximate surface area is 111 Å². The molecule has 0 spiro atoms. The van der Waals surface area contributed by atoms with Crippen molar-refractivity contribution in [2.75, 3.05) is 5.73 Å². The van der Waals surface area contributed by atoms with Gasteiger partial charge in [-0.25, -0.2) is 4.98 Å². The van der Waals surface area contributed by atoms with Gasteiger partial charge in [-0.05, 0) is 30.3 Å². The van der Waals surface area contributed by atoms with Gasteiger partial charge in [0, 0.05) is 11.3 Å². The van der Waals surface area contributed by atoms with Crippen LogP contribution in [0, 0.1) is 0 Å². The number of hydrogen-bond donors (Lipinski definition) is 1. The predicted molar refractivity (Wildman–Crippen MR) is 68.9 cm³/mol. The summed E-state index contributed by atoms with van der Waals surface area (Å²) in [6, 6.07) is 9.90. The number of alkyl halides is 3. The summed E-state index contributed by atoms with van der Waals surface area (Å²) in [4.78, 5) is 4.07. The highest BCUT2D eigenvalue weighted by Gasteiger charge is 2.34. The van der Waals surface area contributed by atoms with E-state index < -0.39 is 11.7 Å². The van der Waals surface area contributed by atoms with Gasteiger partial charge in [0.25, 0.3) is 0 Å². The van der Waals surface area contributed by atoms with Gasteiger partial charge in [-0.1, -0.05) is 12.1 Å². The normalized spacial score (nSPS) is 11.9. The van der Waals surface area contributed by atoms with Crippen LogP contribution in [-0.2, 0) is 6.18 Å². The van der Waals surface area contributed by atoms with Crippen molar-refractivity contribution in [2.24, 2.45) is 0 Å². The molecule has 0 bridgehead atoms. The third-order valence-electron chi connectivity index (χ3n) is 2.87. The summed E-state index contributed by atoms with van der Waals surface area (Å²) < 4.78 is 44.3. The number of rotatable bonds is 1. The maximum atomic E-state index is 13.0. The number of hydrogen-bond acceptors (Lipinski definition) is 3. The van der Waals surface area contributed by atoms with Gasteiger partial charge in [0.05, 0.1) is 5.56 Å². The van der Waals surface area contributed by atoms with Gasteiger partial charge in [-0.15, -0.1) is 0 Å². The number of nitrogens with zero attached hydrogens (tertiary/aromatic N) is 1. The minimum Gasteiger partial charge on any atom is -0.436 e. The molecule has 0 fully saturated rings. The number of aromatic nitrogens is 1. The first-order valence-corrected chi connectivity index (χ1v) is 5.78. The quantitative estimate of drug-likeness (QED) is 0.682. The van der Waals surface area contributed by atoms with Crippen LogP contribution in [0.1, 0.15) is 5.56 Å². The molecular formula is C14H9F3N2O. The van der Waals surface area contributed by atoms with Crippen LogP contribution < -0.4 is 5.73 Å². The average molecular weight is 278 g/mol. The van der Waals surface area contributed by atoms with Crippen molar-refractivity contribution in [3.8, 4) is 11.5 Å². The van der Waals surface area contributed by atoms with Crippen LogP contribution in [0.15, 0.2) is 46.9 Å². The summed E-state index contributed by atoms with van der Waals surface area (Å²) in [6.45, 7) is 0. The van der Waals surface area contributed by atoms with Crippen molar-refractivity contribution in [1.29, 1.82) is 0 Å². The molecule has 0 saturated carbocycles. The molecule has 102 valence electrons. The fourth-order valence-corrected chi connectivity index (χ4v) is 1.98. The second-order valence-corrected chi connectivity index (χ2v) is 4.29. The van der Waals surface area contributed by atoms with E-state index >= 15 is 0 Å². The summed E-state index contributed by atoms with van der Waals surface area (Å²) in [5, 5.41) is 0. The SMILES string of the molecule is Nc1ccc2oc(-c3ccccc3C(F)(F)F)nc2c1. The average Bonchev–Trinajstić information content (AvgIpc) is 2.80. The van der Waals surface area contributed by atoms with Crippen molar-refractivity contribution in [3.05, 3.63) is 48.0 Å².